The van der Waals surface area contributed by atoms with E-state index in [1.807, 2.05) is 30.3 Å². The molecular formula is C18H15N5O. The molecule has 0 radical (unpaired) electrons. The first-order valence-electron chi connectivity index (χ1n) is 7.72. The maximum atomic E-state index is 12.4. The number of nitrogens with one attached hydrogen (secondary N) is 2. The predicted molar refractivity (Wildman–Crippen MR) is 90.7 cm³/mol. The van der Waals surface area contributed by atoms with Gasteiger partial charge < -0.3 is 0 Å². The number of H-pyrrole nitrogens is 1. The summed E-state index contributed by atoms with van der Waals surface area (Å²) in [7, 11) is 0. The van der Waals surface area contributed by atoms with Crippen molar-refractivity contribution in [2.24, 2.45) is 5.10 Å². The number of aryl methyl sites for hydroxylation is 1. The zero-order valence-electron chi connectivity index (χ0n) is 12.9. The lowest BCUT2D eigenvalue weighted by Crippen LogP contribution is -2.20. The number of aromatic nitrogens is 3. The van der Waals surface area contributed by atoms with Crippen LogP contribution in [-0.4, -0.2) is 27.3 Å². The van der Waals surface area contributed by atoms with E-state index in [4.69, 9.17) is 0 Å². The second-order valence-electron chi connectivity index (χ2n) is 5.57. The maximum Gasteiger partial charge on any atom is 0.289 e. The number of hydrogen-bond donors (Lipinski definition) is 2. The molecular weight excluding hydrogens is 302 g/mol. The number of fused-ring (bicyclic) bond motifs is 3. The van der Waals surface area contributed by atoms with Crippen molar-refractivity contribution in [2.45, 2.75) is 12.8 Å². The predicted octanol–water partition coefficient (Wildman–Crippen LogP) is 2.33. The lowest BCUT2D eigenvalue weighted by atomic mass is 9.89. The molecule has 3 aromatic rings. The van der Waals surface area contributed by atoms with E-state index >= 15 is 0 Å². The lowest BCUT2D eigenvalue weighted by molar-refractivity contribution is 0.0949. The minimum Gasteiger partial charge on any atom is -0.272 e. The van der Waals surface area contributed by atoms with Crippen LogP contribution in [0.25, 0.3) is 11.3 Å². The summed E-state index contributed by atoms with van der Waals surface area (Å²) in [6.45, 7) is 0. The van der Waals surface area contributed by atoms with Crippen molar-refractivity contribution in [1.29, 1.82) is 0 Å². The van der Waals surface area contributed by atoms with E-state index in [2.05, 4.69) is 31.8 Å². The van der Waals surface area contributed by atoms with Gasteiger partial charge in [0, 0.05) is 29.1 Å². The number of nitrogens with zero attached hydrogens (tertiary/aromatic N) is 3. The van der Waals surface area contributed by atoms with E-state index in [0.717, 1.165) is 35.2 Å². The molecule has 0 saturated carbocycles. The highest BCUT2D eigenvalue weighted by Gasteiger charge is 2.24. The first-order chi connectivity index (χ1) is 11.8. The third-order valence-corrected chi connectivity index (χ3v) is 4.08. The number of hydrazone groups is 1. The molecule has 1 aromatic carbocycles. The number of carbonyl (C=O) groups excluding carboxylic acids is 1. The zero-order chi connectivity index (χ0) is 16.4. The summed E-state index contributed by atoms with van der Waals surface area (Å²) >= 11 is 0. The summed E-state index contributed by atoms with van der Waals surface area (Å²) in [4.78, 5) is 16.4. The van der Waals surface area contributed by atoms with Crippen molar-refractivity contribution < 1.29 is 4.79 Å². The summed E-state index contributed by atoms with van der Waals surface area (Å²) in [6.07, 6.45) is 6.61. The van der Waals surface area contributed by atoms with Crippen LogP contribution in [0.15, 0.2) is 53.9 Å². The van der Waals surface area contributed by atoms with Crippen LogP contribution >= 0.6 is 0 Å². The van der Waals surface area contributed by atoms with Crippen LogP contribution in [0.5, 0.6) is 0 Å². The smallest absolute Gasteiger partial charge is 0.272 e. The van der Waals surface area contributed by atoms with Gasteiger partial charge in [0.05, 0.1) is 11.9 Å². The summed E-state index contributed by atoms with van der Waals surface area (Å²) in [5.74, 6) is -0.289. The first-order valence-corrected chi connectivity index (χ1v) is 7.72. The Hall–Kier alpha value is -3.28. The largest absolute Gasteiger partial charge is 0.289 e. The Morgan fingerprint density at radius 3 is 3.00 bits per heavy atom. The third kappa shape index (κ3) is 2.58. The molecule has 6 nitrogen and oxygen atoms in total. The van der Waals surface area contributed by atoms with Crippen molar-refractivity contribution in [3.63, 3.8) is 0 Å². The molecule has 2 aromatic heterocycles. The van der Waals surface area contributed by atoms with Crippen LogP contribution in [0, 0.1) is 0 Å². The molecule has 0 aliphatic heterocycles. The van der Waals surface area contributed by atoms with Crippen molar-refractivity contribution in [1.82, 2.24) is 20.6 Å². The molecule has 4 rings (SSSR count). The minimum absolute atomic E-state index is 0.289. The monoisotopic (exact) mass is 317 g/mol. The van der Waals surface area contributed by atoms with Gasteiger partial charge in [-0.2, -0.15) is 10.2 Å². The highest BCUT2D eigenvalue weighted by atomic mass is 16.2. The standard InChI is InChI=1S/C18H15N5O/c24-18(23-20-11-12-4-3-9-19-10-12)17-15-8-7-13-5-1-2-6-14(13)16(15)21-22-17/h1-6,9-11H,7-8H2,(H,21,22)(H,23,24)/b20-11+. The Kier molecular flexibility index (Phi) is 3.63. The molecule has 0 spiro atoms. The molecule has 0 unspecified atom stereocenters. The average Bonchev–Trinajstić information content (AvgIpc) is 3.07. The molecule has 1 amide bonds. The molecule has 24 heavy (non-hydrogen) atoms. The van der Waals surface area contributed by atoms with E-state index in [1.54, 1.807) is 18.6 Å². The van der Waals surface area contributed by atoms with Crippen molar-refractivity contribution in [3.05, 3.63) is 71.2 Å². The SMILES string of the molecule is O=C(N/N=C/c1cccnc1)c1[nH]nc2c1CCc1ccccc1-2. The normalized spacial score (nSPS) is 12.7. The Bertz CT molecular complexity index is 914. The van der Waals surface area contributed by atoms with Gasteiger partial charge in [-0.25, -0.2) is 5.43 Å². The van der Waals surface area contributed by atoms with Crippen LogP contribution < -0.4 is 5.43 Å². The fourth-order valence-electron chi connectivity index (χ4n) is 2.92. The number of amides is 1. The number of pyridine rings is 1. The van der Waals surface area contributed by atoms with Gasteiger partial charge in [0.2, 0.25) is 0 Å². The van der Waals surface area contributed by atoms with Crippen molar-refractivity contribution >= 4 is 12.1 Å². The summed E-state index contributed by atoms with van der Waals surface area (Å²) in [6, 6.07) is 11.8. The molecule has 6 heteroatoms. The van der Waals surface area contributed by atoms with Crippen LogP contribution in [0.1, 0.15) is 27.2 Å². The van der Waals surface area contributed by atoms with E-state index in [0.29, 0.717) is 5.69 Å². The number of benzene rings is 1. The minimum atomic E-state index is -0.289. The fourth-order valence-corrected chi connectivity index (χ4v) is 2.92. The number of rotatable bonds is 3. The topological polar surface area (TPSA) is 83.0 Å². The highest BCUT2D eigenvalue weighted by molar-refractivity contribution is 5.96. The average molecular weight is 317 g/mol. The van der Waals surface area contributed by atoms with E-state index in [9.17, 15) is 4.79 Å². The Morgan fingerprint density at radius 1 is 1.21 bits per heavy atom. The Labute approximate surface area is 138 Å². The van der Waals surface area contributed by atoms with Crippen molar-refractivity contribution in [2.75, 3.05) is 0 Å². The quantitative estimate of drug-likeness (QED) is 0.574. The summed E-state index contributed by atoms with van der Waals surface area (Å²) < 4.78 is 0. The molecule has 2 heterocycles. The van der Waals surface area contributed by atoms with Gasteiger partial charge in [0.1, 0.15) is 5.69 Å². The van der Waals surface area contributed by atoms with Gasteiger partial charge in [-0.3, -0.25) is 14.9 Å². The Balaban J connectivity index is 1.55. The molecule has 1 aliphatic carbocycles. The van der Waals surface area contributed by atoms with Crippen LogP contribution in [0.4, 0.5) is 0 Å². The van der Waals surface area contributed by atoms with Gasteiger partial charge in [-0.05, 0) is 24.5 Å². The number of aromatic amines is 1. The van der Waals surface area contributed by atoms with Gasteiger partial charge >= 0.3 is 0 Å². The second kappa shape index (κ2) is 6.08. The summed E-state index contributed by atoms with van der Waals surface area (Å²) in [5, 5.41) is 11.2. The summed E-state index contributed by atoms with van der Waals surface area (Å²) in [5.41, 5.74) is 7.99. The first kappa shape index (κ1) is 14.3. The fraction of sp³-hybridized carbons (Fsp3) is 0.111. The van der Waals surface area contributed by atoms with Crippen LogP contribution in [0.2, 0.25) is 0 Å². The van der Waals surface area contributed by atoms with Gasteiger partial charge in [0.25, 0.3) is 5.91 Å². The van der Waals surface area contributed by atoms with Crippen LogP contribution in [-0.2, 0) is 12.8 Å². The number of hydrogen-bond acceptors (Lipinski definition) is 4. The van der Waals surface area contributed by atoms with Gasteiger partial charge in [-0.1, -0.05) is 30.3 Å². The molecule has 2 N–H and O–H groups in total. The van der Waals surface area contributed by atoms with Crippen LogP contribution in [0.3, 0.4) is 0 Å². The van der Waals surface area contributed by atoms with E-state index in [-0.39, 0.29) is 5.91 Å². The van der Waals surface area contributed by atoms with Gasteiger partial charge in [-0.15, -0.1) is 0 Å². The zero-order valence-corrected chi connectivity index (χ0v) is 12.9. The van der Waals surface area contributed by atoms with E-state index < -0.39 is 0 Å². The maximum absolute atomic E-state index is 12.4. The Morgan fingerprint density at radius 2 is 2.12 bits per heavy atom. The van der Waals surface area contributed by atoms with E-state index in [1.165, 1.54) is 5.56 Å². The highest BCUT2D eigenvalue weighted by Crippen LogP contribution is 2.33. The molecule has 0 saturated heterocycles. The second-order valence-corrected chi connectivity index (χ2v) is 5.57. The number of carbonyl (C=O) groups is 1. The lowest BCUT2D eigenvalue weighted by Gasteiger charge is -2.15. The molecule has 0 fully saturated rings. The molecule has 118 valence electrons. The van der Waals surface area contributed by atoms with Crippen molar-refractivity contribution in [3.8, 4) is 11.3 Å². The molecule has 1 aliphatic rings. The molecule has 0 atom stereocenters. The molecule has 0 bridgehead atoms. The third-order valence-electron chi connectivity index (χ3n) is 4.08. The van der Waals surface area contributed by atoms with Gasteiger partial charge in [0.15, 0.2) is 0 Å².